The molecule has 1 aliphatic rings. The van der Waals surface area contributed by atoms with E-state index in [2.05, 4.69) is 10.3 Å². The Hall–Kier alpha value is -2.25. The van der Waals surface area contributed by atoms with Crippen LogP contribution in [0.4, 0.5) is 5.13 Å². The van der Waals surface area contributed by atoms with Crippen LogP contribution in [-0.4, -0.2) is 47.5 Å². The normalized spacial score (nSPS) is 16.3. The molecule has 1 aliphatic heterocycles. The monoisotopic (exact) mass is 387 g/mol. The number of nitrogens with zero attached hydrogens (tertiary/aromatic N) is 2. The number of carbonyl (C=O) groups is 2. The van der Waals surface area contributed by atoms with E-state index in [1.165, 1.54) is 11.3 Å². The van der Waals surface area contributed by atoms with Crippen molar-refractivity contribution in [3.63, 3.8) is 0 Å². The van der Waals surface area contributed by atoms with Gasteiger partial charge in [-0.3, -0.25) is 9.59 Å². The first-order chi connectivity index (χ1) is 12.9. The molecule has 1 aromatic carbocycles. The maximum atomic E-state index is 13.0. The van der Waals surface area contributed by atoms with Crippen molar-refractivity contribution in [2.24, 2.45) is 0 Å². The maximum Gasteiger partial charge on any atom is 0.254 e. The minimum Gasteiger partial charge on any atom is -0.376 e. The van der Waals surface area contributed by atoms with E-state index in [4.69, 9.17) is 4.74 Å². The first kappa shape index (κ1) is 19.5. The Bertz CT molecular complexity index is 791. The Morgan fingerprint density at radius 1 is 1.26 bits per heavy atom. The standard InChI is InChI=1S/C20H25N3O3S/c1-13-6-8-16(9-7-13)19(25)23(11-17-5-4-10-26-17)12-18(24)22-20-21-14(2)15(3)27-20/h6-9,17H,4-5,10-12H2,1-3H3,(H,21,22,24). The lowest BCUT2D eigenvalue weighted by Crippen LogP contribution is -2.42. The lowest BCUT2D eigenvalue weighted by Gasteiger charge is -2.25. The van der Waals surface area contributed by atoms with Gasteiger partial charge >= 0.3 is 0 Å². The first-order valence-corrected chi connectivity index (χ1v) is 9.95. The van der Waals surface area contributed by atoms with E-state index in [-0.39, 0.29) is 24.5 Å². The molecule has 6 nitrogen and oxygen atoms in total. The van der Waals surface area contributed by atoms with Gasteiger partial charge in [0.15, 0.2) is 5.13 Å². The molecule has 2 aromatic rings. The molecule has 7 heteroatoms. The van der Waals surface area contributed by atoms with Gasteiger partial charge in [0.05, 0.1) is 11.8 Å². The van der Waals surface area contributed by atoms with Crippen molar-refractivity contribution < 1.29 is 14.3 Å². The zero-order valence-corrected chi connectivity index (χ0v) is 16.8. The number of aromatic nitrogens is 1. The van der Waals surface area contributed by atoms with Crippen molar-refractivity contribution in [2.45, 2.75) is 39.7 Å². The lowest BCUT2D eigenvalue weighted by molar-refractivity contribution is -0.117. The van der Waals surface area contributed by atoms with Gasteiger partial charge in [-0.25, -0.2) is 4.98 Å². The summed E-state index contributed by atoms with van der Waals surface area (Å²) < 4.78 is 5.67. The Balaban J connectivity index is 1.71. The molecule has 0 spiro atoms. The molecule has 0 bridgehead atoms. The largest absolute Gasteiger partial charge is 0.376 e. The number of hydrogen-bond donors (Lipinski definition) is 1. The topological polar surface area (TPSA) is 71.5 Å². The quantitative estimate of drug-likeness (QED) is 0.825. The van der Waals surface area contributed by atoms with Gasteiger partial charge in [-0.05, 0) is 45.7 Å². The van der Waals surface area contributed by atoms with E-state index in [1.807, 2.05) is 32.9 Å². The third kappa shape index (κ3) is 5.14. The van der Waals surface area contributed by atoms with Crippen LogP contribution in [0.1, 0.15) is 39.3 Å². The molecule has 0 saturated carbocycles. The Labute approximate surface area is 163 Å². The van der Waals surface area contributed by atoms with Crippen LogP contribution < -0.4 is 5.32 Å². The van der Waals surface area contributed by atoms with Crippen molar-refractivity contribution >= 4 is 28.3 Å². The highest BCUT2D eigenvalue weighted by atomic mass is 32.1. The number of thiazole rings is 1. The second-order valence-corrected chi connectivity index (χ2v) is 8.10. The Morgan fingerprint density at radius 2 is 2.00 bits per heavy atom. The van der Waals surface area contributed by atoms with Crippen LogP contribution in [0.15, 0.2) is 24.3 Å². The highest BCUT2D eigenvalue weighted by Gasteiger charge is 2.25. The summed E-state index contributed by atoms with van der Waals surface area (Å²) in [5, 5.41) is 3.37. The first-order valence-electron chi connectivity index (χ1n) is 9.14. The van der Waals surface area contributed by atoms with Gasteiger partial charge in [-0.15, -0.1) is 11.3 Å². The molecule has 0 aliphatic carbocycles. The fourth-order valence-corrected chi connectivity index (χ4v) is 3.82. The fraction of sp³-hybridized carbons (Fsp3) is 0.450. The van der Waals surface area contributed by atoms with Crippen LogP contribution >= 0.6 is 11.3 Å². The number of hydrogen-bond acceptors (Lipinski definition) is 5. The van der Waals surface area contributed by atoms with E-state index in [9.17, 15) is 9.59 Å². The number of carbonyl (C=O) groups excluding carboxylic acids is 2. The fourth-order valence-electron chi connectivity index (χ4n) is 2.99. The van der Waals surface area contributed by atoms with Gasteiger partial charge < -0.3 is 15.0 Å². The summed E-state index contributed by atoms with van der Waals surface area (Å²) in [6, 6.07) is 7.40. The van der Waals surface area contributed by atoms with Crippen LogP contribution in [0.5, 0.6) is 0 Å². The van der Waals surface area contributed by atoms with Crippen LogP contribution in [-0.2, 0) is 9.53 Å². The van der Waals surface area contributed by atoms with Gasteiger partial charge in [0.2, 0.25) is 5.91 Å². The average Bonchev–Trinajstić information content (AvgIpc) is 3.24. The lowest BCUT2D eigenvalue weighted by atomic mass is 10.1. The molecule has 1 fully saturated rings. The van der Waals surface area contributed by atoms with Crippen LogP contribution in [0.3, 0.4) is 0 Å². The van der Waals surface area contributed by atoms with Gasteiger partial charge in [-0.1, -0.05) is 17.7 Å². The zero-order valence-electron chi connectivity index (χ0n) is 15.9. The highest BCUT2D eigenvalue weighted by molar-refractivity contribution is 7.15. The summed E-state index contributed by atoms with van der Waals surface area (Å²) in [4.78, 5) is 32.5. The molecular weight excluding hydrogens is 362 g/mol. The number of rotatable bonds is 6. The Kier molecular flexibility index (Phi) is 6.23. The predicted octanol–water partition coefficient (Wildman–Crippen LogP) is 3.33. The van der Waals surface area contributed by atoms with Crippen molar-refractivity contribution in [2.75, 3.05) is 25.0 Å². The van der Waals surface area contributed by atoms with E-state index >= 15 is 0 Å². The second kappa shape index (κ2) is 8.63. The van der Waals surface area contributed by atoms with Gasteiger partial charge in [-0.2, -0.15) is 0 Å². The van der Waals surface area contributed by atoms with Gasteiger partial charge in [0.25, 0.3) is 5.91 Å². The molecule has 1 atom stereocenters. The smallest absolute Gasteiger partial charge is 0.254 e. The minimum absolute atomic E-state index is 0.0171. The van der Waals surface area contributed by atoms with Crippen LogP contribution in [0, 0.1) is 20.8 Å². The summed E-state index contributed by atoms with van der Waals surface area (Å²) in [6.45, 7) is 6.95. The average molecular weight is 388 g/mol. The van der Waals surface area contributed by atoms with Crippen LogP contribution in [0.2, 0.25) is 0 Å². The number of benzene rings is 1. The molecule has 144 valence electrons. The molecule has 1 aromatic heterocycles. The van der Waals surface area contributed by atoms with E-state index in [0.717, 1.165) is 29.0 Å². The summed E-state index contributed by atoms with van der Waals surface area (Å²) in [7, 11) is 0. The van der Waals surface area contributed by atoms with E-state index < -0.39 is 0 Å². The Morgan fingerprint density at radius 3 is 2.59 bits per heavy atom. The molecular formula is C20H25N3O3S. The number of ether oxygens (including phenoxy) is 1. The maximum absolute atomic E-state index is 13.0. The summed E-state index contributed by atoms with van der Waals surface area (Å²) >= 11 is 1.44. The van der Waals surface area contributed by atoms with E-state index in [0.29, 0.717) is 23.8 Å². The number of anilines is 1. The SMILES string of the molecule is Cc1ccc(C(=O)N(CC(=O)Nc2nc(C)c(C)s2)CC2CCCO2)cc1. The van der Waals surface area contributed by atoms with Crippen molar-refractivity contribution in [3.05, 3.63) is 46.0 Å². The van der Waals surface area contributed by atoms with E-state index in [1.54, 1.807) is 17.0 Å². The minimum atomic E-state index is -0.248. The van der Waals surface area contributed by atoms with Crippen LogP contribution in [0.25, 0.3) is 0 Å². The third-order valence-corrected chi connectivity index (χ3v) is 5.63. The van der Waals surface area contributed by atoms with Gasteiger partial charge in [0, 0.05) is 23.6 Å². The molecule has 2 amide bonds. The summed E-state index contributed by atoms with van der Waals surface area (Å²) in [6.07, 6.45) is 1.88. The molecule has 0 radical (unpaired) electrons. The van der Waals surface area contributed by atoms with Crippen molar-refractivity contribution in [1.82, 2.24) is 9.88 Å². The highest BCUT2D eigenvalue weighted by Crippen LogP contribution is 2.21. The molecule has 27 heavy (non-hydrogen) atoms. The molecule has 1 saturated heterocycles. The van der Waals surface area contributed by atoms with Crippen molar-refractivity contribution in [3.8, 4) is 0 Å². The second-order valence-electron chi connectivity index (χ2n) is 6.90. The molecule has 1 unspecified atom stereocenters. The number of amides is 2. The van der Waals surface area contributed by atoms with Gasteiger partial charge in [0.1, 0.15) is 6.54 Å². The molecule has 1 N–H and O–H groups in total. The molecule has 3 rings (SSSR count). The predicted molar refractivity (Wildman–Crippen MR) is 106 cm³/mol. The summed E-state index contributed by atoms with van der Waals surface area (Å²) in [5.74, 6) is -0.408. The summed E-state index contributed by atoms with van der Waals surface area (Å²) in [5.41, 5.74) is 2.57. The third-order valence-electron chi connectivity index (χ3n) is 4.64. The number of aryl methyl sites for hydroxylation is 3. The zero-order chi connectivity index (χ0) is 19.4. The molecule has 2 heterocycles. The number of nitrogens with one attached hydrogen (secondary N) is 1. The van der Waals surface area contributed by atoms with Crippen molar-refractivity contribution in [1.29, 1.82) is 0 Å².